The van der Waals surface area contributed by atoms with Crippen molar-refractivity contribution in [2.75, 3.05) is 19.6 Å². The molecule has 7 nitrogen and oxygen atoms in total. The van der Waals surface area contributed by atoms with E-state index in [0.29, 0.717) is 30.0 Å². The Morgan fingerprint density at radius 3 is 2.76 bits per heavy atom. The first kappa shape index (κ1) is 22.1. The van der Waals surface area contributed by atoms with E-state index in [4.69, 9.17) is 0 Å². The summed E-state index contributed by atoms with van der Waals surface area (Å²) in [5.74, 6) is 0.469. The lowest BCUT2D eigenvalue weighted by molar-refractivity contribution is 0.0944. The van der Waals surface area contributed by atoms with E-state index in [2.05, 4.69) is 15.7 Å². The molecule has 2 N–H and O–H groups in total. The van der Waals surface area contributed by atoms with E-state index in [-0.39, 0.29) is 11.5 Å². The van der Waals surface area contributed by atoms with Crippen molar-refractivity contribution in [1.82, 2.24) is 25.0 Å². The van der Waals surface area contributed by atoms with Gasteiger partial charge in [-0.1, -0.05) is 18.2 Å². The van der Waals surface area contributed by atoms with Gasteiger partial charge in [0.1, 0.15) is 0 Å². The first-order chi connectivity index (χ1) is 16.6. The summed E-state index contributed by atoms with van der Waals surface area (Å²) < 4.78 is 3.51. The number of nitrogens with zero attached hydrogens (tertiary/aromatic N) is 3. The molecule has 5 rings (SSSR count). The van der Waals surface area contributed by atoms with Gasteiger partial charge >= 0.3 is 0 Å². The third kappa shape index (κ3) is 4.65. The van der Waals surface area contributed by atoms with Crippen LogP contribution in [-0.2, 0) is 13.6 Å². The average Bonchev–Trinajstić information content (AvgIpc) is 3.30. The average molecular weight is 456 g/mol. The fraction of sp³-hybridized carbons (Fsp3) is 0.296. The summed E-state index contributed by atoms with van der Waals surface area (Å²) in [4.78, 5) is 25.8. The van der Waals surface area contributed by atoms with Gasteiger partial charge in [-0.05, 0) is 79.2 Å². The second-order valence-electron chi connectivity index (χ2n) is 8.99. The van der Waals surface area contributed by atoms with E-state index in [0.717, 1.165) is 48.1 Å². The van der Waals surface area contributed by atoms with Crippen molar-refractivity contribution in [3.8, 4) is 11.3 Å². The lowest BCUT2D eigenvalue weighted by atomic mass is 9.98. The Morgan fingerprint density at radius 1 is 1.12 bits per heavy atom. The number of nitrogens with one attached hydrogen (secondary N) is 2. The van der Waals surface area contributed by atoms with Crippen molar-refractivity contribution in [3.63, 3.8) is 0 Å². The van der Waals surface area contributed by atoms with Gasteiger partial charge in [-0.3, -0.25) is 14.3 Å². The number of fused-ring (bicyclic) bond motifs is 1. The molecule has 0 bridgehead atoms. The lowest BCUT2D eigenvalue weighted by Crippen LogP contribution is -2.36. The van der Waals surface area contributed by atoms with E-state index in [1.165, 1.54) is 0 Å². The fourth-order valence-electron chi connectivity index (χ4n) is 4.66. The number of carbonyl (C=O) groups is 1. The van der Waals surface area contributed by atoms with Crippen molar-refractivity contribution in [1.29, 1.82) is 0 Å². The van der Waals surface area contributed by atoms with Crippen molar-refractivity contribution in [3.05, 3.63) is 88.5 Å². The van der Waals surface area contributed by atoms with Gasteiger partial charge < -0.3 is 15.2 Å². The zero-order valence-corrected chi connectivity index (χ0v) is 19.3. The molecule has 1 aliphatic rings. The normalized spacial score (nSPS) is 14.4. The molecule has 34 heavy (non-hydrogen) atoms. The maximum Gasteiger partial charge on any atom is 0.258 e. The van der Waals surface area contributed by atoms with Gasteiger partial charge in [0.2, 0.25) is 0 Å². The van der Waals surface area contributed by atoms with Crippen LogP contribution in [0.15, 0.2) is 71.8 Å². The summed E-state index contributed by atoms with van der Waals surface area (Å²) in [5.41, 5.74) is 3.52. The van der Waals surface area contributed by atoms with Crippen LogP contribution in [0, 0.1) is 5.92 Å². The third-order valence-electron chi connectivity index (χ3n) is 6.65. The summed E-state index contributed by atoms with van der Waals surface area (Å²) in [6.07, 6.45) is 5.77. The second kappa shape index (κ2) is 9.65. The molecule has 2 aromatic heterocycles. The van der Waals surface area contributed by atoms with Gasteiger partial charge in [0, 0.05) is 42.5 Å². The molecule has 0 saturated carbocycles. The van der Waals surface area contributed by atoms with E-state index in [1.807, 2.05) is 72.5 Å². The molecule has 3 heterocycles. The molecular formula is C27H29N5O2. The number of aromatic nitrogens is 3. The van der Waals surface area contributed by atoms with Gasteiger partial charge in [-0.25, -0.2) is 0 Å². The SMILES string of the molecule is Cn1nccc1-c1ccc2c(=O)n(Cc3cccc(C(=O)NCC4CCNCC4)c3)ccc2c1. The Morgan fingerprint density at radius 2 is 1.97 bits per heavy atom. The highest BCUT2D eigenvalue weighted by Crippen LogP contribution is 2.22. The molecule has 1 amide bonds. The van der Waals surface area contributed by atoms with E-state index in [9.17, 15) is 9.59 Å². The Hall–Kier alpha value is -3.71. The molecule has 174 valence electrons. The Bertz CT molecular complexity index is 1380. The standard InChI is InChI=1S/C27H29N5O2/c1-31-25(9-13-30-31)22-5-6-24-21(16-22)10-14-32(27(24)34)18-20-3-2-4-23(15-20)26(33)29-17-19-7-11-28-12-8-19/h2-6,9-10,13-16,19,28H,7-8,11-12,17-18H2,1H3,(H,29,33). The highest BCUT2D eigenvalue weighted by molar-refractivity contribution is 5.94. The van der Waals surface area contributed by atoms with Crippen LogP contribution < -0.4 is 16.2 Å². The van der Waals surface area contributed by atoms with Gasteiger partial charge in [0.15, 0.2) is 0 Å². The van der Waals surface area contributed by atoms with Crippen molar-refractivity contribution >= 4 is 16.7 Å². The topological polar surface area (TPSA) is 81.0 Å². The number of piperidine rings is 1. The molecular weight excluding hydrogens is 426 g/mol. The van der Waals surface area contributed by atoms with Crippen molar-refractivity contribution < 1.29 is 4.79 Å². The first-order valence-corrected chi connectivity index (χ1v) is 11.8. The maximum absolute atomic E-state index is 13.2. The third-order valence-corrected chi connectivity index (χ3v) is 6.65. The number of hydrogen-bond donors (Lipinski definition) is 2. The van der Waals surface area contributed by atoms with Crippen LogP contribution in [0.1, 0.15) is 28.8 Å². The van der Waals surface area contributed by atoms with Crippen LogP contribution >= 0.6 is 0 Å². The molecule has 7 heteroatoms. The molecule has 0 atom stereocenters. The fourth-order valence-corrected chi connectivity index (χ4v) is 4.66. The Balaban J connectivity index is 1.32. The van der Waals surface area contributed by atoms with Crippen molar-refractivity contribution in [2.45, 2.75) is 19.4 Å². The number of carbonyl (C=O) groups excluding carboxylic acids is 1. The van der Waals surface area contributed by atoms with E-state index >= 15 is 0 Å². The molecule has 0 aliphatic carbocycles. The predicted molar refractivity (Wildman–Crippen MR) is 134 cm³/mol. The first-order valence-electron chi connectivity index (χ1n) is 11.8. The van der Waals surface area contributed by atoms with Crippen LogP contribution in [-0.4, -0.2) is 39.9 Å². The zero-order valence-electron chi connectivity index (χ0n) is 19.3. The molecule has 2 aromatic carbocycles. The molecule has 0 spiro atoms. The smallest absolute Gasteiger partial charge is 0.258 e. The summed E-state index contributed by atoms with van der Waals surface area (Å²) in [6.45, 7) is 3.14. The molecule has 0 radical (unpaired) electrons. The van der Waals surface area contributed by atoms with Crippen LogP contribution in [0.4, 0.5) is 0 Å². The van der Waals surface area contributed by atoms with Crippen LogP contribution in [0.3, 0.4) is 0 Å². The van der Waals surface area contributed by atoms with Crippen LogP contribution in [0.5, 0.6) is 0 Å². The summed E-state index contributed by atoms with van der Waals surface area (Å²) in [6, 6.07) is 17.3. The molecule has 1 aliphatic heterocycles. The number of hydrogen-bond acceptors (Lipinski definition) is 4. The Labute approximate surface area is 198 Å². The predicted octanol–water partition coefficient (Wildman–Crippen LogP) is 3.18. The summed E-state index contributed by atoms with van der Waals surface area (Å²) in [7, 11) is 1.90. The van der Waals surface area contributed by atoms with E-state index in [1.54, 1.807) is 10.8 Å². The van der Waals surface area contributed by atoms with Gasteiger partial charge in [0.25, 0.3) is 11.5 Å². The molecule has 0 unspecified atom stereocenters. The lowest BCUT2D eigenvalue weighted by Gasteiger charge is -2.22. The van der Waals surface area contributed by atoms with Crippen molar-refractivity contribution in [2.24, 2.45) is 13.0 Å². The van der Waals surface area contributed by atoms with E-state index < -0.39 is 0 Å². The number of rotatable bonds is 6. The maximum atomic E-state index is 13.2. The summed E-state index contributed by atoms with van der Waals surface area (Å²) in [5, 5.41) is 12.2. The zero-order chi connectivity index (χ0) is 23.5. The highest BCUT2D eigenvalue weighted by atomic mass is 16.1. The molecule has 1 saturated heterocycles. The minimum absolute atomic E-state index is 0.0465. The minimum atomic E-state index is -0.0612. The molecule has 1 fully saturated rings. The van der Waals surface area contributed by atoms with Gasteiger partial charge in [0.05, 0.1) is 12.2 Å². The minimum Gasteiger partial charge on any atom is -0.352 e. The number of amides is 1. The number of aryl methyl sites for hydroxylation is 1. The number of pyridine rings is 1. The largest absolute Gasteiger partial charge is 0.352 e. The molecule has 4 aromatic rings. The highest BCUT2D eigenvalue weighted by Gasteiger charge is 2.15. The summed E-state index contributed by atoms with van der Waals surface area (Å²) >= 11 is 0. The second-order valence-corrected chi connectivity index (χ2v) is 8.99. The van der Waals surface area contributed by atoms with Gasteiger partial charge in [-0.15, -0.1) is 0 Å². The van der Waals surface area contributed by atoms with Gasteiger partial charge in [-0.2, -0.15) is 5.10 Å². The van der Waals surface area contributed by atoms with Crippen LogP contribution in [0.25, 0.3) is 22.0 Å². The van der Waals surface area contributed by atoms with Crippen LogP contribution in [0.2, 0.25) is 0 Å². The Kier molecular flexibility index (Phi) is 6.27. The monoisotopic (exact) mass is 455 g/mol. The quantitative estimate of drug-likeness (QED) is 0.468. The number of benzene rings is 2.